The molecule has 0 radical (unpaired) electrons. The highest BCUT2D eigenvalue weighted by atomic mass is 16.5. The number of benzene rings is 1. The van der Waals surface area contributed by atoms with E-state index in [9.17, 15) is 9.90 Å². The summed E-state index contributed by atoms with van der Waals surface area (Å²) in [5, 5.41) is 9.37. The van der Waals surface area contributed by atoms with E-state index >= 15 is 0 Å². The topological polar surface area (TPSA) is 49.8 Å². The number of phenolic OH excluding ortho intramolecular Hbond substituents is 1. The minimum absolute atomic E-state index is 0.0184. The van der Waals surface area contributed by atoms with E-state index in [2.05, 4.69) is 0 Å². The third-order valence-corrected chi connectivity index (χ3v) is 3.18. The van der Waals surface area contributed by atoms with Crippen LogP contribution in [0.15, 0.2) is 18.2 Å². The Morgan fingerprint density at radius 1 is 1.50 bits per heavy atom. The van der Waals surface area contributed by atoms with Gasteiger partial charge in [-0.2, -0.15) is 0 Å². The van der Waals surface area contributed by atoms with Crippen molar-refractivity contribution in [3.63, 3.8) is 0 Å². The van der Waals surface area contributed by atoms with E-state index in [1.165, 1.54) is 0 Å². The summed E-state index contributed by atoms with van der Waals surface area (Å²) >= 11 is 0. The minimum Gasteiger partial charge on any atom is -0.508 e. The minimum atomic E-state index is 0.0184. The quantitative estimate of drug-likeness (QED) is 0.827. The van der Waals surface area contributed by atoms with Gasteiger partial charge in [-0.3, -0.25) is 4.79 Å². The third-order valence-electron chi connectivity index (χ3n) is 3.18. The van der Waals surface area contributed by atoms with Crippen LogP contribution in [0.25, 0.3) is 0 Å². The van der Waals surface area contributed by atoms with Crippen molar-refractivity contribution in [3.8, 4) is 5.75 Å². The smallest absolute Gasteiger partial charge is 0.254 e. The second kappa shape index (κ2) is 5.40. The third kappa shape index (κ3) is 2.82. The molecule has 1 N–H and O–H groups in total. The van der Waals surface area contributed by atoms with E-state index in [-0.39, 0.29) is 17.8 Å². The molecule has 4 nitrogen and oxygen atoms in total. The number of carbonyl (C=O) groups excluding carboxylic acids is 1. The average molecular weight is 249 g/mol. The van der Waals surface area contributed by atoms with Gasteiger partial charge in [-0.25, -0.2) is 0 Å². The molecular weight excluding hydrogens is 230 g/mol. The van der Waals surface area contributed by atoms with E-state index in [0.29, 0.717) is 18.7 Å². The molecule has 1 atom stereocenters. The Balaban J connectivity index is 2.19. The van der Waals surface area contributed by atoms with Crippen molar-refractivity contribution in [2.75, 3.05) is 19.7 Å². The molecule has 1 amide bonds. The Morgan fingerprint density at radius 2 is 2.28 bits per heavy atom. The van der Waals surface area contributed by atoms with Gasteiger partial charge in [-0.05, 0) is 44.0 Å². The molecule has 18 heavy (non-hydrogen) atoms. The van der Waals surface area contributed by atoms with Crippen molar-refractivity contribution < 1.29 is 14.6 Å². The predicted molar refractivity (Wildman–Crippen MR) is 68.8 cm³/mol. The summed E-state index contributed by atoms with van der Waals surface area (Å²) in [6, 6.07) is 4.85. The fourth-order valence-electron chi connectivity index (χ4n) is 2.24. The Bertz CT molecular complexity index is 445. The first-order valence-corrected chi connectivity index (χ1v) is 6.28. The molecule has 4 heteroatoms. The standard InChI is InChI=1S/C14H19NO3/c1-10-8-12(16)4-5-13(10)14(17)15-6-3-7-18-11(2)9-15/h4-5,8,11,16H,3,6-7,9H2,1-2H3. The number of phenols is 1. The summed E-state index contributed by atoms with van der Waals surface area (Å²) in [5.41, 5.74) is 1.46. The van der Waals surface area contributed by atoms with Crippen LogP contribution in [-0.4, -0.2) is 41.7 Å². The molecule has 0 saturated carbocycles. The van der Waals surface area contributed by atoms with Gasteiger partial charge < -0.3 is 14.7 Å². The highest BCUT2D eigenvalue weighted by Crippen LogP contribution is 2.18. The SMILES string of the molecule is Cc1cc(O)ccc1C(=O)N1CCCOC(C)C1. The highest BCUT2D eigenvalue weighted by molar-refractivity contribution is 5.95. The van der Waals surface area contributed by atoms with Gasteiger partial charge in [0, 0.05) is 25.3 Å². The zero-order valence-corrected chi connectivity index (χ0v) is 10.8. The van der Waals surface area contributed by atoms with E-state index in [0.717, 1.165) is 18.5 Å². The maximum atomic E-state index is 12.4. The van der Waals surface area contributed by atoms with Crippen molar-refractivity contribution in [3.05, 3.63) is 29.3 Å². The lowest BCUT2D eigenvalue weighted by molar-refractivity contribution is 0.0562. The Labute approximate surface area is 107 Å². The number of carbonyl (C=O) groups is 1. The van der Waals surface area contributed by atoms with Crippen LogP contribution in [0, 0.1) is 6.92 Å². The highest BCUT2D eigenvalue weighted by Gasteiger charge is 2.22. The first kappa shape index (κ1) is 12.9. The number of amides is 1. The van der Waals surface area contributed by atoms with Crippen molar-refractivity contribution in [2.24, 2.45) is 0 Å². The zero-order chi connectivity index (χ0) is 13.1. The van der Waals surface area contributed by atoms with Crippen molar-refractivity contribution in [1.29, 1.82) is 0 Å². The zero-order valence-electron chi connectivity index (χ0n) is 10.8. The maximum absolute atomic E-state index is 12.4. The van der Waals surface area contributed by atoms with Crippen molar-refractivity contribution >= 4 is 5.91 Å². The number of aryl methyl sites for hydroxylation is 1. The maximum Gasteiger partial charge on any atom is 0.254 e. The molecule has 1 fully saturated rings. The Hall–Kier alpha value is -1.55. The van der Waals surface area contributed by atoms with E-state index in [1.54, 1.807) is 18.2 Å². The lowest BCUT2D eigenvalue weighted by atomic mass is 10.1. The van der Waals surface area contributed by atoms with Crippen LogP contribution in [0.4, 0.5) is 0 Å². The lowest BCUT2D eigenvalue weighted by Crippen LogP contribution is -2.36. The Morgan fingerprint density at radius 3 is 3.00 bits per heavy atom. The molecule has 0 spiro atoms. The van der Waals surface area contributed by atoms with Gasteiger partial charge in [0.1, 0.15) is 5.75 Å². The summed E-state index contributed by atoms with van der Waals surface area (Å²) in [4.78, 5) is 14.2. The number of hydrogen-bond donors (Lipinski definition) is 1. The number of nitrogens with zero attached hydrogens (tertiary/aromatic N) is 1. The van der Waals surface area contributed by atoms with E-state index < -0.39 is 0 Å². The molecular formula is C14H19NO3. The molecule has 98 valence electrons. The summed E-state index contributed by atoms with van der Waals surface area (Å²) in [6.45, 7) is 5.88. The molecule has 1 aliphatic heterocycles. The van der Waals surface area contributed by atoms with Crippen LogP contribution < -0.4 is 0 Å². The second-order valence-corrected chi connectivity index (χ2v) is 4.79. The molecule has 1 saturated heterocycles. The molecule has 0 aromatic heterocycles. The van der Waals surface area contributed by atoms with E-state index in [1.807, 2.05) is 18.7 Å². The first-order chi connectivity index (χ1) is 8.58. The van der Waals surface area contributed by atoms with Crippen LogP contribution in [-0.2, 0) is 4.74 Å². The van der Waals surface area contributed by atoms with Crippen LogP contribution in [0.2, 0.25) is 0 Å². The van der Waals surface area contributed by atoms with Crippen molar-refractivity contribution in [1.82, 2.24) is 4.90 Å². The predicted octanol–water partition coefficient (Wildman–Crippen LogP) is 1.95. The number of rotatable bonds is 1. The van der Waals surface area contributed by atoms with Crippen LogP contribution in [0.5, 0.6) is 5.75 Å². The summed E-state index contributed by atoms with van der Waals surface area (Å²) in [6.07, 6.45) is 0.946. The van der Waals surface area contributed by atoms with Gasteiger partial charge in [0.25, 0.3) is 5.91 Å². The molecule has 1 aromatic carbocycles. The first-order valence-electron chi connectivity index (χ1n) is 6.28. The fraction of sp³-hybridized carbons (Fsp3) is 0.500. The molecule has 1 unspecified atom stereocenters. The molecule has 1 heterocycles. The van der Waals surface area contributed by atoms with Crippen LogP contribution in [0.1, 0.15) is 29.3 Å². The molecule has 1 aliphatic rings. The molecule has 0 bridgehead atoms. The van der Waals surface area contributed by atoms with Crippen LogP contribution in [0.3, 0.4) is 0 Å². The summed E-state index contributed by atoms with van der Waals surface area (Å²) in [5.74, 6) is 0.210. The van der Waals surface area contributed by atoms with Gasteiger partial charge in [0.2, 0.25) is 0 Å². The Kier molecular flexibility index (Phi) is 3.87. The van der Waals surface area contributed by atoms with Gasteiger partial charge in [-0.15, -0.1) is 0 Å². The number of hydrogen-bond acceptors (Lipinski definition) is 3. The monoisotopic (exact) mass is 249 g/mol. The van der Waals surface area contributed by atoms with Crippen LogP contribution >= 0.6 is 0 Å². The molecule has 1 aromatic rings. The van der Waals surface area contributed by atoms with Gasteiger partial charge in [0.05, 0.1) is 6.10 Å². The summed E-state index contributed by atoms with van der Waals surface area (Å²) < 4.78 is 5.53. The van der Waals surface area contributed by atoms with Crippen molar-refractivity contribution in [2.45, 2.75) is 26.4 Å². The van der Waals surface area contributed by atoms with Gasteiger partial charge in [-0.1, -0.05) is 0 Å². The van der Waals surface area contributed by atoms with E-state index in [4.69, 9.17) is 4.74 Å². The largest absolute Gasteiger partial charge is 0.508 e. The lowest BCUT2D eigenvalue weighted by Gasteiger charge is -2.23. The fourth-order valence-corrected chi connectivity index (χ4v) is 2.24. The second-order valence-electron chi connectivity index (χ2n) is 4.79. The molecule has 2 rings (SSSR count). The summed E-state index contributed by atoms with van der Waals surface area (Å²) in [7, 11) is 0. The number of aromatic hydroxyl groups is 1. The molecule has 0 aliphatic carbocycles. The normalized spacial score (nSPS) is 20.6. The average Bonchev–Trinajstić information content (AvgIpc) is 2.53. The van der Waals surface area contributed by atoms with Gasteiger partial charge >= 0.3 is 0 Å². The van der Waals surface area contributed by atoms with Gasteiger partial charge in [0.15, 0.2) is 0 Å². The number of ether oxygens (including phenoxy) is 1.